The average molecular weight is 572 g/mol. The molecule has 0 aliphatic heterocycles. The van der Waals surface area contributed by atoms with Crippen LogP contribution in [0.5, 0.6) is 11.5 Å². The molecule has 0 saturated heterocycles. The number of ether oxygens (including phenoxy) is 2. The molecular formula is C32H33N3O5S. The summed E-state index contributed by atoms with van der Waals surface area (Å²) in [5, 5.41) is 4.02. The van der Waals surface area contributed by atoms with Gasteiger partial charge in [-0.3, -0.25) is 9.10 Å². The topological polar surface area (TPSA) is 97.3 Å². The van der Waals surface area contributed by atoms with Gasteiger partial charge in [-0.2, -0.15) is 5.10 Å². The molecule has 0 fully saturated rings. The number of anilines is 1. The molecule has 0 aliphatic rings. The van der Waals surface area contributed by atoms with Crippen LogP contribution >= 0.6 is 0 Å². The number of rotatable bonds is 12. The third kappa shape index (κ3) is 8.18. The Kier molecular flexibility index (Phi) is 9.76. The third-order valence-electron chi connectivity index (χ3n) is 6.14. The average Bonchev–Trinajstić information content (AvgIpc) is 2.97. The maximum Gasteiger partial charge on any atom is 0.264 e. The van der Waals surface area contributed by atoms with Crippen molar-refractivity contribution in [2.45, 2.75) is 32.3 Å². The van der Waals surface area contributed by atoms with E-state index in [0.717, 1.165) is 21.0 Å². The summed E-state index contributed by atoms with van der Waals surface area (Å²) in [6.45, 7) is 6.26. The summed E-state index contributed by atoms with van der Waals surface area (Å²) < 4.78 is 39.4. The quantitative estimate of drug-likeness (QED) is 0.176. The molecule has 0 aromatic heterocycles. The van der Waals surface area contributed by atoms with Crippen LogP contribution in [0.25, 0.3) is 0 Å². The number of amides is 1. The highest BCUT2D eigenvalue weighted by Gasteiger charge is 2.27. The van der Waals surface area contributed by atoms with E-state index in [1.54, 1.807) is 36.4 Å². The Hall–Kier alpha value is -4.63. The highest BCUT2D eigenvalue weighted by atomic mass is 32.2. The molecule has 41 heavy (non-hydrogen) atoms. The highest BCUT2D eigenvalue weighted by Crippen LogP contribution is 2.25. The van der Waals surface area contributed by atoms with E-state index < -0.39 is 22.5 Å². The summed E-state index contributed by atoms with van der Waals surface area (Å²) in [5.41, 5.74) is 6.78. The first kappa shape index (κ1) is 29.4. The van der Waals surface area contributed by atoms with Crippen molar-refractivity contribution in [3.05, 3.63) is 119 Å². The molecule has 0 aliphatic carbocycles. The molecule has 0 heterocycles. The number of nitrogens with zero attached hydrogens (tertiary/aromatic N) is 2. The fourth-order valence-corrected chi connectivity index (χ4v) is 5.29. The number of hydrogen-bond donors (Lipinski definition) is 1. The van der Waals surface area contributed by atoms with Crippen molar-refractivity contribution >= 4 is 27.8 Å². The van der Waals surface area contributed by atoms with E-state index in [-0.39, 0.29) is 4.90 Å². The second-order valence-electron chi connectivity index (χ2n) is 9.39. The number of hydrazone groups is 1. The van der Waals surface area contributed by atoms with Gasteiger partial charge in [-0.25, -0.2) is 13.8 Å². The van der Waals surface area contributed by atoms with Gasteiger partial charge in [-0.15, -0.1) is 0 Å². The monoisotopic (exact) mass is 571 g/mol. The van der Waals surface area contributed by atoms with Crippen molar-refractivity contribution in [1.29, 1.82) is 0 Å². The number of carbonyl (C=O) groups is 1. The van der Waals surface area contributed by atoms with Gasteiger partial charge < -0.3 is 9.47 Å². The lowest BCUT2D eigenvalue weighted by atomic mass is 10.2. The van der Waals surface area contributed by atoms with Crippen LogP contribution in [0.4, 0.5) is 5.69 Å². The van der Waals surface area contributed by atoms with E-state index in [0.29, 0.717) is 30.4 Å². The molecular weight excluding hydrogens is 538 g/mol. The number of nitrogens with one attached hydrogen (secondary N) is 1. The molecule has 0 bridgehead atoms. The Morgan fingerprint density at radius 3 is 1.98 bits per heavy atom. The molecule has 0 radical (unpaired) electrons. The lowest BCUT2D eigenvalue weighted by molar-refractivity contribution is -0.119. The van der Waals surface area contributed by atoms with Crippen LogP contribution in [0.3, 0.4) is 0 Å². The maximum atomic E-state index is 13.6. The van der Waals surface area contributed by atoms with Crippen LogP contribution in [-0.4, -0.2) is 33.7 Å². The molecule has 0 spiro atoms. The summed E-state index contributed by atoms with van der Waals surface area (Å²) in [4.78, 5) is 12.9. The van der Waals surface area contributed by atoms with Crippen LogP contribution in [0.2, 0.25) is 0 Å². The first-order chi connectivity index (χ1) is 19.7. The SMILES string of the molecule is CCOc1ccc(S(=O)(=O)N(CC(=O)N/N=C\c2ccc(OCc3ccc(C)cc3)cc2)c2ccc(C)cc2)cc1. The summed E-state index contributed by atoms with van der Waals surface area (Å²) in [6, 6.07) is 28.4. The number of carbonyl (C=O) groups excluding carboxylic acids is 1. The summed E-state index contributed by atoms with van der Waals surface area (Å²) in [5.74, 6) is 0.681. The number of benzene rings is 4. The second kappa shape index (κ2) is 13.6. The Bertz CT molecular complexity index is 1570. The van der Waals surface area contributed by atoms with Crippen molar-refractivity contribution in [2.24, 2.45) is 5.10 Å². The number of sulfonamides is 1. The third-order valence-corrected chi connectivity index (χ3v) is 7.93. The van der Waals surface area contributed by atoms with E-state index in [1.165, 1.54) is 23.9 Å². The smallest absolute Gasteiger partial charge is 0.264 e. The van der Waals surface area contributed by atoms with E-state index >= 15 is 0 Å². The predicted molar refractivity (Wildman–Crippen MR) is 161 cm³/mol. The Morgan fingerprint density at radius 2 is 1.37 bits per heavy atom. The Balaban J connectivity index is 1.40. The standard InChI is InChI=1S/C32H33N3O5S/c1-4-39-29-17-19-31(20-18-29)41(37,38)35(28-13-7-25(3)8-14-28)22-32(36)34-33-21-26-11-15-30(16-12-26)40-23-27-9-5-24(2)6-10-27/h5-21H,4,22-23H2,1-3H3,(H,34,36)/b33-21-. The Labute approximate surface area is 241 Å². The van der Waals surface area contributed by atoms with Crippen molar-refractivity contribution < 1.29 is 22.7 Å². The lowest BCUT2D eigenvalue weighted by Gasteiger charge is -2.24. The molecule has 4 aromatic carbocycles. The van der Waals surface area contributed by atoms with Crippen LogP contribution < -0.4 is 19.2 Å². The number of hydrogen-bond acceptors (Lipinski definition) is 6. The molecule has 8 nitrogen and oxygen atoms in total. The fourth-order valence-electron chi connectivity index (χ4n) is 3.87. The van der Waals surface area contributed by atoms with Crippen molar-refractivity contribution in [1.82, 2.24) is 5.43 Å². The van der Waals surface area contributed by atoms with Gasteiger partial charge in [0.25, 0.3) is 15.9 Å². The van der Waals surface area contributed by atoms with E-state index in [1.807, 2.05) is 69.3 Å². The molecule has 4 aromatic rings. The Morgan fingerprint density at radius 1 is 0.805 bits per heavy atom. The van der Waals surface area contributed by atoms with Crippen molar-refractivity contribution in [2.75, 3.05) is 17.5 Å². The van der Waals surface area contributed by atoms with Gasteiger partial charge >= 0.3 is 0 Å². The maximum absolute atomic E-state index is 13.6. The molecule has 1 amide bonds. The zero-order valence-electron chi connectivity index (χ0n) is 23.3. The van der Waals surface area contributed by atoms with E-state index in [2.05, 4.69) is 10.5 Å². The van der Waals surface area contributed by atoms with Crippen LogP contribution in [0.1, 0.15) is 29.2 Å². The second-order valence-corrected chi connectivity index (χ2v) is 11.3. The van der Waals surface area contributed by atoms with Crippen molar-refractivity contribution in [3.63, 3.8) is 0 Å². The minimum absolute atomic E-state index is 0.0440. The molecule has 0 atom stereocenters. The molecule has 0 saturated carbocycles. The van der Waals surface area contributed by atoms with Crippen LogP contribution in [0, 0.1) is 13.8 Å². The summed E-state index contributed by atoms with van der Waals surface area (Å²) in [7, 11) is -4.05. The van der Waals surface area contributed by atoms with Gasteiger partial charge in [-0.1, -0.05) is 47.5 Å². The van der Waals surface area contributed by atoms with E-state index in [9.17, 15) is 13.2 Å². The summed E-state index contributed by atoms with van der Waals surface area (Å²) in [6.07, 6.45) is 1.48. The minimum Gasteiger partial charge on any atom is -0.494 e. The van der Waals surface area contributed by atoms with Gasteiger partial charge in [0.15, 0.2) is 0 Å². The first-order valence-corrected chi connectivity index (χ1v) is 14.6. The van der Waals surface area contributed by atoms with Gasteiger partial charge in [0.1, 0.15) is 24.7 Å². The highest BCUT2D eigenvalue weighted by molar-refractivity contribution is 7.92. The van der Waals surface area contributed by atoms with Crippen LogP contribution in [0.15, 0.2) is 107 Å². The molecule has 9 heteroatoms. The molecule has 212 valence electrons. The molecule has 0 unspecified atom stereocenters. The fraction of sp³-hybridized carbons (Fsp3) is 0.188. The van der Waals surface area contributed by atoms with Crippen molar-refractivity contribution in [3.8, 4) is 11.5 Å². The predicted octanol–water partition coefficient (Wildman–Crippen LogP) is 5.63. The summed E-state index contributed by atoms with van der Waals surface area (Å²) >= 11 is 0. The van der Waals surface area contributed by atoms with Gasteiger partial charge in [0.05, 0.1) is 23.4 Å². The molecule has 1 N–H and O–H groups in total. The van der Waals surface area contributed by atoms with Gasteiger partial charge in [-0.05, 0) is 92.6 Å². The lowest BCUT2D eigenvalue weighted by Crippen LogP contribution is -2.39. The van der Waals surface area contributed by atoms with Crippen LogP contribution in [-0.2, 0) is 21.4 Å². The zero-order valence-corrected chi connectivity index (χ0v) is 24.1. The van der Waals surface area contributed by atoms with Gasteiger partial charge in [0, 0.05) is 0 Å². The normalized spacial score (nSPS) is 11.3. The number of aryl methyl sites for hydroxylation is 2. The zero-order chi connectivity index (χ0) is 29.2. The first-order valence-electron chi connectivity index (χ1n) is 13.2. The molecule has 4 rings (SSSR count). The van der Waals surface area contributed by atoms with E-state index in [4.69, 9.17) is 9.47 Å². The minimum atomic E-state index is -4.05. The van der Waals surface area contributed by atoms with Gasteiger partial charge in [0.2, 0.25) is 0 Å². The largest absolute Gasteiger partial charge is 0.494 e.